The molecule has 0 saturated heterocycles. The number of aromatic nitrogens is 4. The van der Waals surface area contributed by atoms with E-state index in [0.29, 0.717) is 17.0 Å². The lowest BCUT2D eigenvalue weighted by Crippen LogP contribution is -2.17. The van der Waals surface area contributed by atoms with Gasteiger partial charge < -0.3 is 9.47 Å². The van der Waals surface area contributed by atoms with Gasteiger partial charge in [0.15, 0.2) is 11.5 Å². The summed E-state index contributed by atoms with van der Waals surface area (Å²) < 4.78 is 11.8. The van der Waals surface area contributed by atoms with Crippen molar-refractivity contribution < 1.29 is 19.2 Å². The average Bonchev–Trinajstić information content (AvgIpc) is 3.39. The van der Waals surface area contributed by atoms with Crippen molar-refractivity contribution in [3.05, 3.63) is 64.0 Å². The fraction of sp³-hybridized carbons (Fsp3) is 0.0625. The van der Waals surface area contributed by atoms with Crippen molar-refractivity contribution in [2.75, 3.05) is 6.79 Å². The first-order chi connectivity index (χ1) is 13.6. The Hall–Kier alpha value is -4.35. The number of nitro groups is 1. The van der Waals surface area contributed by atoms with Crippen molar-refractivity contribution in [2.24, 2.45) is 5.10 Å². The maximum atomic E-state index is 12.2. The minimum atomic E-state index is -0.567. The lowest BCUT2D eigenvalue weighted by atomic mass is 10.1. The third kappa shape index (κ3) is 3.33. The van der Waals surface area contributed by atoms with E-state index in [0.717, 1.165) is 0 Å². The second-order valence-electron chi connectivity index (χ2n) is 5.52. The van der Waals surface area contributed by atoms with Crippen LogP contribution in [0.2, 0.25) is 0 Å². The molecule has 0 saturated carbocycles. The molecule has 28 heavy (non-hydrogen) atoms. The smallest absolute Gasteiger partial charge is 0.282 e. The second kappa shape index (κ2) is 7.11. The molecule has 2 heterocycles. The molecule has 1 amide bonds. The van der Waals surface area contributed by atoms with Gasteiger partial charge in [-0.1, -0.05) is 0 Å². The van der Waals surface area contributed by atoms with Crippen LogP contribution in [-0.2, 0) is 0 Å². The number of nitrogens with one attached hydrogen (secondary N) is 1. The first-order valence-electron chi connectivity index (χ1n) is 7.87. The Kier molecular flexibility index (Phi) is 4.34. The Bertz CT molecular complexity index is 1060. The molecule has 0 bridgehead atoms. The zero-order chi connectivity index (χ0) is 19.5. The number of tetrazole rings is 1. The van der Waals surface area contributed by atoms with Gasteiger partial charge in [-0.2, -0.15) is 5.10 Å². The highest BCUT2D eigenvalue weighted by Gasteiger charge is 2.22. The molecule has 0 radical (unpaired) electrons. The summed E-state index contributed by atoms with van der Waals surface area (Å²) in [7, 11) is 0. The highest BCUT2D eigenvalue weighted by molar-refractivity contribution is 5.95. The number of benzene rings is 2. The molecule has 0 atom stereocenters. The number of nitrogens with zero attached hydrogens (tertiary/aromatic N) is 6. The van der Waals surface area contributed by atoms with Crippen LogP contribution in [0.25, 0.3) is 5.69 Å². The van der Waals surface area contributed by atoms with E-state index in [1.807, 2.05) is 0 Å². The molecule has 0 fully saturated rings. The van der Waals surface area contributed by atoms with Crippen LogP contribution in [0.4, 0.5) is 5.69 Å². The second-order valence-corrected chi connectivity index (χ2v) is 5.52. The predicted octanol–water partition coefficient (Wildman–Crippen LogP) is 1.06. The zero-order valence-corrected chi connectivity index (χ0v) is 14.1. The highest BCUT2D eigenvalue weighted by Crippen LogP contribution is 2.37. The molecular formula is C16H11N7O5. The molecule has 140 valence electrons. The van der Waals surface area contributed by atoms with Crippen molar-refractivity contribution in [2.45, 2.75) is 0 Å². The molecule has 2 aromatic carbocycles. The van der Waals surface area contributed by atoms with Gasteiger partial charge in [0.25, 0.3) is 11.6 Å². The summed E-state index contributed by atoms with van der Waals surface area (Å²) in [5.41, 5.74) is 3.30. The minimum absolute atomic E-state index is 0.00945. The topological polar surface area (TPSA) is 147 Å². The number of carbonyl (C=O) groups is 1. The summed E-state index contributed by atoms with van der Waals surface area (Å²) in [6, 6.07) is 9.16. The number of hydrogen-bond donors (Lipinski definition) is 1. The molecule has 12 heteroatoms. The van der Waals surface area contributed by atoms with Crippen LogP contribution in [0.5, 0.6) is 11.5 Å². The van der Waals surface area contributed by atoms with Gasteiger partial charge in [-0.25, -0.2) is 10.1 Å². The van der Waals surface area contributed by atoms with Crippen LogP contribution in [0.15, 0.2) is 47.8 Å². The van der Waals surface area contributed by atoms with Crippen LogP contribution in [0.1, 0.15) is 15.9 Å². The molecule has 1 aliphatic rings. The van der Waals surface area contributed by atoms with Gasteiger partial charge >= 0.3 is 0 Å². The van der Waals surface area contributed by atoms with Crippen molar-refractivity contribution >= 4 is 17.8 Å². The molecule has 1 N–H and O–H groups in total. The molecule has 0 unspecified atom stereocenters. The highest BCUT2D eigenvalue weighted by atomic mass is 16.7. The van der Waals surface area contributed by atoms with E-state index in [2.05, 4.69) is 26.1 Å². The molecule has 0 aliphatic carbocycles. The first-order valence-corrected chi connectivity index (χ1v) is 7.87. The quantitative estimate of drug-likeness (QED) is 0.392. The van der Waals surface area contributed by atoms with Crippen LogP contribution in [0.3, 0.4) is 0 Å². The molecule has 3 aromatic rings. The molecular weight excluding hydrogens is 370 g/mol. The van der Waals surface area contributed by atoms with Crippen LogP contribution < -0.4 is 14.9 Å². The summed E-state index contributed by atoms with van der Waals surface area (Å²) in [4.78, 5) is 22.8. The Morgan fingerprint density at radius 1 is 1.25 bits per heavy atom. The average molecular weight is 381 g/mol. The number of fused-ring (bicyclic) bond motifs is 1. The summed E-state index contributed by atoms with van der Waals surface area (Å²) in [6.07, 6.45) is 2.60. The van der Waals surface area contributed by atoms with Crippen molar-refractivity contribution in [1.82, 2.24) is 25.6 Å². The third-order valence-electron chi connectivity index (χ3n) is 3.83. The first kappa shape index (κ1) is 17.1. The Balaban J connectivity index is 1.48. The minimum Gasteiger partial charge on any atom is -0.454 e. The number of carbonyl (C=O) groups excluding carboxylic acids is 1. The fourth-order valence-corrected chi connectivity index (χ4v) is 2.48. The third-order valence-corrected chi connectivity index (χ3v) is 3.83. The summed E-state index contributed by atoms with van der Waals surface area (Å²) in [5, 5.41) is 25.8. The Morgan fingerprint density at radius 3 is 2.68 bits per heavy atom. The van der Waals surface area contributed by atoms with E-state index in [1.165, 1.54) is 29.4 Å². The SMILES string of the molecule is O=C(N/N=C/c1cc2c(cc1[N+](=O)[O-])OCO2)c1ccc(-n2cnnn2)cc1. The van der Waals surface area contributed by atoms with Gasteiger partial charge in [0.1, 0.15) is 6.33 Å². The lowest BCUT2D eigenvalue weighted by molar-refractivity contribution is -0.385. The summed E-state index contributed by atoms with van der Waals surface area (Å²) in [5.74, 6) is 0.176. The van der Waals surface area contributed by atoms with E-state index in [4.69, 9.17) is 9.47 Å². The number of rotatable bonds is 5. The van der Waals surface area contributed by atoms with Gasteiger partial charge in [-0.3, -0.25) is 14.9 Å². The standard InChI is InChI=1S/C16H11N7O5/c24-16(10-1-3-12(4-2-10)22-8-18-20-21-22)19-17-7-11-5-14-15(28-9-27-14)6-13(11)23(25)26/h1-8H,9H2,(H,19,24)/b17-7+. The van der Waals surface area contributed by atoms with E-state index in [-0.39, 0.29) is 23.8 Å². The van der Waals surface area contributed by atoms with Gasteiger partial charge in [0, 0.05) is 5.56 Å². The monoisotopic (exact) mass is 381 g/mol. The van der Waals surface area contributed by atoms with E-state index < -0.39 is 10.8 Å². The Labute approximate surface area is 156 Å². The van der Waals surface area contributed by atoms with E-state index in [1.54, 1.807) is 24.3 Å². The van der Waals surface area contributed by atoms with Gasteiger partial charge in [0.2, 0.25) is 6.79 Å². The normalized spacial score (nSPS) is 12.3. The van der Waals surface area contributed by atoms with Gasteiger partial charge in [-0.15, -0.1) is 5.10 Å². The number of ether oxygens (including phenoxy) is 2. The van der Waals surface area contributed by atoms with Crippen LogP contribution in [-0.4, -0.2) is 44.0 Å². The van der Waals surface area contributed by atoms with Crippen LogP contribution in [0, 0.1) is 10.1 Å². The molecule has 1 aromatic heterocycles. The number of hydrazone groups is 1. The van der Waals surface area contributed by atoms with Gasteiger partial charge in [-0.05, 0) is 40.8 Å². The molecule has 0 spiro atoms. The fourth-order valence-electron chi connectivity index (χ4n) is 2.48. The van der Waals surface area contributed by atoms with Crippen molar-refractivity contribution in [3.8, 4) is 17.2 Å². The summed E-state index contributed by atoms with van der Waals surface area (Å²) in [6.45, 7) is -0.00945. The molecule has 12 nitrogen and oxygen atoms in total. The Morgan fingerprint density at radius 2 is 2.00 bits per heavy atom. The number of hydrogen-bond acceptors (Lipinski definition) is 9. The van der Waals surface area contributed by atoms with Crippen LogP contribution >= 0.6 is 0 Å². The zero-order valence-electron chi connectivity index (χ0n) is 14.1. The van der Waals surface area contributed by atoms with Crippen molar-refractivity contribution in [3.63, 3.8) is 0 Å². The summed E-state index contributed by atoms with van der Waals surface area (Å²) >= 11 is 0. The van der Waals surface area contributed by atoms with E-state index >= 15 is 0 Å². The number of amides is 1. The molecule has 4 rings (SSSR count). The molecule has 1 aliphatic heterocycles. The maximum Gasteiger partial charge on any atom is 0.282 e. The number of nitro benzene ring substituents is 1. The largest absolute Gasteiger partial charge is 0.454 e. The van der Waals surface area contributed by atoms with E-state index in [9.17, 15) is 14.9 Å². The van der Waals surface area contributed by atoms with Gasteiger partial charge in [0.05, 0.1) is 28.5 Å². The predicted molar refractivity (Wildman–Crippen MR) is 93.4 cm³/mol. The maximum absolute atomic E-state index is 12.2. The van der Waals surface area contributed by atoms with Crippen molar-refractivity contribution in [1.29, 1.82) is 0 Å². The lowest BCUT2D eigenvalue weighted by Gasteiger charge is -2.03.